The lowest BCUT2D eigenvalue weighted by atomic mass is 10.1. The molecule has 4 nitrogen and oxygen atoms in total. The molecule has 1 saturated heterocycles. The van der Waals surface area contributed by atoms with E-state index >= 15 is 0 Å². The van der Waals surface area contributed by atoms with E-state index in [4.69, 9.17) is 4.84 Å². The minimum absolute atomic E-state index is 0.165. The van der Waals surface area contributed by atoms with Crippen LogP contribution >= 0.6 is 0 Å². The van der Waals surface area contributed by atoms with E-state index in [1.807, 2.05) is 4.90 Å². The number of hydrogen-bond acceptors (Lipinski definition) is 3. The molecule has 0 aromatic carbocycles. The van der Waals surface area contributed by atoms with Gasteiger partial charge in [0.05, 0.1) is 6.10 Å². The number of amides is 1. The summed E-state index contributed by atoms with van der Waals surface area (Å²) in [4.78, 5) is 18.0. The van der Waals surface area contributed by atoms with Crippen molar-refractivity contribution in [3.8, 4) is 0 Å². The van der Waals surface area contributed by atoms with E-state index in [1.54, 1.807) is 14.0 Å². The Labute approximate surface area is 72.8 Å². The predicted molar refractivity (Wildman–Crippen MR) is 45.4 cm³/mol. The van der Waals surface area contributed by atoms with Crippen molar-refractivity contribution in [3.63, 3.8) is 0 Å². The topological polar surface area (TPSA) is 41.6 Å². The van der Waals surface area contributed by atoms with Crippen molar-refractivity contribution in [1.82, 2.24) is 10.4 Å². The highest BCUT2D eigenvalue weighted by molar-refractivity contribution is 5.73. The minimum atomic E-state index is 0.165. The van der Waals surface area contributed by atoms with Crippen molar-refractivity contribution < 1.29 is 9.63 Å². The van der Waals surface area contributed by atoms with Crippen LogP contribution < -0.4 is 5.48 Å². The second-order valence-corrected chi connectivity index (χ2v) is 3.03. The zero-order valence-electron chi connectivity index (χ0n) is 7.67. The number of hydroxylamine groups is 1. The summed E-state index contributed by atoms with van der Waals surface area (Å²) < 4.78 is 0. The van der Waals surface area contributed by atoms with Crippen LogP contribution in [-0.4, -0.2) is 37.0 Å². The fourth-order valence-corrected chi connectivity index (χ4v) is 1.46. The molecule has 0 aliphatic carbocycles. The molecule has 1 fully saturated rings. The Bertz CT molecular complexity index is 153. The summed E-state index contributed by atoms with van der Waals surface area (Å²) in [6, 6.07) is 0. The third kappa shape index (κ3) is 2.46. The number of carbonyl (C=O) groups is 1. The number of carbonyl (C=O) groups excluding carboxylic acids is 1. The molecule has 1 heterocycles. The molecule has 0 unspecified atom stereocenters. The SMILES string of the molecule is CNOC1CCN(C(C)=O)CC1. The van der Waals surface area contributed by atoms with Crippen LogP contribution in [0.1, 0.15) is 19.8 Å². The molecule has 1 N–H and O–H groups in total. The summed E-state index contributed by atoms with van der Waals surface area (Å²) in [5, 5.41) is 0. The van der Waals surface area contributed by atoms with Crippen LogP contribution in [0.25, 0.3) is 0 Å². The second-order valence-electron chi connectivity index (χ2n) is 3.03. The summed E-state index contributed by atoms with van der Waals surface area (Å²) in [5.74, 6) is 0.165. The highest BCUT2D eigenvalue weighted by Gasteiger charge is 2.20. The molecule has 12 heavy (non-hydrogen) atoms. The van der Waals surface area contributed by atoms with Crippen molar-refractivity contribution >= 4 is 5.91 Å². The fraction of sp³-hybridized carbons (Fsp3) is 0.875. The Balaban J connectivity index is 2.25. The van der Waals surface area contributed by atoms with Crippen LogP contribution in [0.5, 0.6) is 0 Å². The normalized spacial score (nSPS) is 19.7. The highest BCUT2D eigenvalue weighted by Crippen LogP contribution is 2.12. The fourth-order valence-electron chi connectivity index (χ4n) is 1.46. The lowest BCUT2D eigenvalue weighted by Gasteiger charge is -2.30. The first-order valence-corrected chi connectivity index (χ1v) is 4.32. The molecule has 70 valence electrons. The molecule has 0 radical (unpaired) electrons. The van der Waals surface area contributed by atoms with Gasteiger partial charge in [-0.05, 0) is 12.8 Å². The van der Waals surface area contributed by atoms with Crippen molar-refractivity contribution in [2.75, 3.05) is 20.1 Å². The maximum atomic E-state index is 10.9. The Morgan fingerprint density at radius 3 is 2.50 bits per heavy atom. The quantitative estimate of drug-likeness (QED) is 0.603. The standard InChI is InChI=1S/C8H16N2O2/c1-7(11)10-5-3-8(4-6-10)12-9-2/h8-9H,3-6H2,1-2H3. The smallest absolute Gasteiger partial charge is 0.219 e. The van der Waals surface area contributed by atoms with Gasteiger partial charge in [0, 0.05) is 27.1 Å². The van der Waals surface area contributed by atoms with Crippen LogP contribution in [-0.2, 0) is 9.63 Å². The van der Waals surface area contributed by atoms with Gasteiger partial charge >= 0.3 is 0 Å². The van der Waals surface area contributed by atoms with E-state index in [0.29, 0.717) is 0 Å². The van der Waals surface area contributed by atoms with Crippen molar-refractivity contribution in [2.24, 2.45) is 0 Å². The molecular weight excluding hydrogens is 156 g/mol. The van der Waals surface area contributed by atoms with Crippen LogP contribution in [0.3, 0.4) is 0 Å². The first kappa shape index (κ1) is 9.48. The summed E-state index contributed by atoms with van der Waals surface area (Å²) >= 11 is 0. The van der Waals surface area contributed by atoms with Gasteiger partial charge in [0.1, 0.15) is 0 Å². The zero-order chi connectivity index (χ0) is 8.97. The number of rotatable bonds is 2. The Morgan fingerprint density at radius 1 is 1.50 bits per heavy atom. The van der Waals surface area contributed by atoms with Crippen LogP contribution in [0, 0.1) is 0 Å². The van der Waals surface area contributed by atoms with Gasteiger partial charge in [-0.2, -0.15) is 0 Å². The van der Waals surface area contributed by atoms with E-state index in [0.717, 1.165) is 25.9 Å². The van der Waals surface area contributed by atoms with Gasteiger partial charge in [-0.15, -0.1) is 0 Å². The predicted octanol–water partition coefficient (Wildman–Crippen LogP) is 0.148. The highest BCUT2D eigenvalue weighted by atomic mass is 16.7. The number of piperidine rings is 1. The summed E-state index contributed by atoms with van der Waals surface area (Å²) in [6.45, 7) is 3.25. The first-order chi connectivity index (χ1) is 5.74. The second kappa shape index (κ2) is 4.42. The maximum Gasteiger partial charge on any atom is 0.219 e. The molecule has 0 bridgehead atoms. The number of hydrogen-bond donors (Lipinski definition) is 1. The number of nitrogens with one attached hydrogen (secondary N) is 1. The Morgan fingerprint density at radius 2 is 2.08 bits per heavy atom. The van der Waals surface area contributed by atoms with Crippen LogP contribution in [0.2, 0.25) is 0 Å². The lowest BCUT2D eigenvalue weighted by molar-refractivity contribution is -0.132. The largest absolute Gasteiger partial charge is 0.343 e. The molecule has 0 aromatic heterocycles. The molecule has 1 rings (SSSR count). The minimum Gasteiger partial charge on any atom is -0.343 e. The molecular formula is C8H16N2O2. The van der Waals surface area contributed by atoms with Crippen molar-refractivity contribution in [2.45, 2.75) is 25.9 Å². The Hall–Kier alpha value is -0.610. The van der Waals surface area contributed by atoms with Gasteiger partial charge in [-0.25, -0.2) is 5.48 Å². The molecule has 1 amide bonds. The maximum absolute atomic E-state index is 10.9. The molecule has 1 aliphatic rings. The first-order valence-electron chi connectivity index (χ1n) is 4.32. The van der Waals surface area contributed by atoms with Gasteiger partial charge in [-0.1, -0.05) is 0 Å². The van der Waals surface area contributed by atoms with E-state index in [9.17, 15) is 4.79 Å². The summed E-state index contributed by atoms with van der Waals surface area (Å²) in [7, 11) is 1.76. The summed E-state index contributed by atoms with van der Waals surface area (Å²) in [6.07, 6.45) is 2.13. The van der Waals surface area contributed by atoms with E-state index in [1.165, 1.54) is 0 Å². The van der Waals surface area contributed by atoms with Gasteiger partial charge < -0.3 is 4.90 Å². The number of likely N-dealkylation sites (tertiary alicyclic amines) is 1. The van der Waals surface area contributed by atoms with Crippen LogP contribution in [0.15, 0.2) is 0 Å². The molecule has 1 aliphatic heterocycles. The zero-order valence-corrected chi connectivity index (χ0v) is 7.67. The monoisotopic (exact) mass is 172 g/mol. The molecule has 0 saturated carbocycles. The number of nitrogens with zero attached hydrogens (tertiary/aromatic N) is 1. The van der Waals surface area contributed by atoms with Gasteiger partial charge in [-0.3, -0.25) is 9.63 Å². The molecule has 0 aromatic rings. The van der Waals surface area contributed by atoms with Crippen molar-refractivity contribution in [3.05, 3.63) is 0 Å². The van der Waals surface area contributed by atoms with Crippen LogP contribution in [0.4, 0.5) is 0 Å². The third-order valence-electron chi connectivity index (χ3n) is 2.17. The van der Waals surface area contributed by atoms with E-state index in [-0.39, 0.29) is 12.0 Å². The molecule has 4 heteroatoms. The Kier molecular flexibility index (Phi) is 3.49. The van der Waals surface area contributed by atoms with Gasteiger partial charge in [0.15, 0.2) is 0 Å². The lowest BCUT2D eigenvalue weighted by Crippen LogP contribution is -2.40. The summed E-state index contributed by atoms with van der Waals surface area (Å²) in [5.41, 5.74) is 2.68. The average Bonchev–Trinajstić information content (AvgIpc) is 2.06. The average molecular weight is 172 g/mol. The van der Waals surface area contributed by atoms with E-state index in [2.05, 4.69) is 5.48 Å². The van der Waals surface area contributed by atoms with Crippen molar-refractivity contribution in [1.29, 1.82) is 0 Å². The molecule has 0 spiro atoms. The van der Waals surface area contributed by atoms with Gasteiger partial charge in [0.2, 0.25) is 5.91 Å². The van der Waals surface area contributed by atoms with Gasteiger partial charge in [0.25, 0.3) is 0 Å². The van der Waals surface area contributed by atoms with E-state index < -0.39 is 0 Å². The third-order valence-corrected chi connectivity index (χ3v) is 2.17. The molecule has 0 atom stereocenters.